The van der Waals surface area contributed by atoms with Crippen molar-refractivity contribution >= 4 is 27.5 Å². The van der Waals surface area contributed by atoms with Gasteiger partial charge in [0.15, 0.2) is 0 Å². The zero-order valence-corrected chi connectivity index (χ0v) is 17.2. The fraction of sp³-hybridized carbons (Fsp3) is 0.391. The number of aromatic nitrogens is 1. The van der Waals surface area contributed by atoms with Crippen LogP contribution in [0, 0.1) is 5.92 Å². The molecule has 1 amide bonds. The Morgan fingerprint density at radius 1 is 1.25 bits per heavy atom. The third kappa shape index (κ3) is 4.20. The van der Waals surface area contributed by atoms with Gasteiger partial charge in [-0.05, 0) is 49.1 Å². The first-order chi connectivity index (χ1) is 13.6. The van der Waals surface area contributed by atoms with E-state index in [1.807, 2.05) is 35.2 Å². The molecule has 1 fully saturated rings. The normalized spacial score (nSPS) is 17.2. The summed E-state index contributed by atoms with van der Waals surface area (Å²) in [6.07, 6.45) is 2.09. The summed E-state index contributed by atoms with van der Waals surface area (Å²) in [5.41, 5.74) is 1.76. The van der Waals surface area contributed by atoms with E-state index in [1.165, 1.54) is 4.70 Å². The van der Waals surface area contributed by atoms with Crippen LogP contribution in [-0.4, -0.2) is 35.5 Å². The number of rotatable bonds is 5. The summed E-state index contributed by atoms with van der Waals surface area (Å²) in [7, 11) is 0. The minimum absolute atomic E-state index is 0.0841. The van der Waals surface area contributed by atoms with E-state index in [0.717, 1.165) is 42.2 Å². The number of para-hydroxylation sites is 1. The highest BCUT2D eigenvalue weighted by molar-refractivity contribution is 7.18. The van der Waals surface area contributed by atoms with E-state index in [1.54, 1.807) is 11.3 Å². The molecule has 0 bridgehead atoms. The lowest BCUT2D eigenvalue weighted by Gasteiger charge is -2.32. The van der Waals surface area contributed by atoms with Gasteiger partial charge in [0.1, 0.15) is 5.75 Å². The predicted molar refractivity (Wildman–Crippen MR) is 114 cm³/mol. The van der Waals surface area contributed by atoms with E-state index in [0.29, 0.717) is 24.0 Å². The Labute approximate surface area is 170 Å². The smallest absolute Gasteiger partial charge is 0.254 e. The lowest BCUT2D eigenvalue weighted by Crippen LogP contribution is -2.39. The average molecular weight is 395 g/mol. The average Bonchev–Trinajstić information content (AvgIpc) is 3.16. The minimum atomic E-state index is 0.0841. The molecular weight excluding hydrogens is 368 g/mol. The summed E-state index contributed by atoms with van der Waals surface area (Å²) in [4.78, 5) is 19.9. The summed E-state index contributed by atoms with van der Waals surface area (Å²) in [6.45, 7) is 6.42. The van der Waals surface area contributed by atoms with Crippen molar-refractivity contribution in [1.82, 2.24) is 9.88 Å². The molecule has 5 heteroatoms. The molecule has 0 unspecified atom stereocenters. The number of hydrogen-bond donors (Lipinski definition) is 0. The van der Waals surface area contributed by atoms with Crippen LogP contribution in [0.25, 0.3) is 10.2 Å². The molecule has 1 aliphatic rings. The van der Waals surface area contributed by atoms with Gasteiger partial charge in [-0.25, -0.2) is 4.98 Å². The molecule has 4 nitrogen and oxygen atoms in total. The largest absolute Gasteiger partial charge is 0.493 e. The van der Waals surface area contributed by atoms with E-state index >= 15 is 0 Å². The topological polar surface area (TPSA) is 42.4 Å². The first-order valence-corrected chi connectivity index (χ1v) is 10.8. The summed E-state index contributed by atoms with van der Waals surface area (Å²) in [5.74, 6) is 1.62. The van der Waals surface area contributed by atoms with Crippen LogP contribution in [0.15, 0.2) is 48.5 Å². The lowest BCUT2D eigenvalue weighted by molar-refractivity contribution is 0.0706. The molecule has 4 rings (SSSR count). The number of carbonyl (C=O) groups excluding carboxylic acids is 1. The van der Waals surface area contributed by atoms with Gasteiger partial charge in [-0.1, -0.05) is 32.0 Å². The number of nitrogens with zero attached hydrogens (tertiary/aromatic N) is 2. The Morgan fingerprint density at radius 2 is 2.11 bits per heavy atom. The maximum atomic E-state index is 13.1. The molecule has 1 atom stereocenters. The van der Waals surface area contributed by atoms with Crippen LogP contribution in [0.3, 0.4) is 0 Å². The van der Waals surface area contributed by atoms with Crippen LogP contribution in [-0.2, 0) is 0 Å². The number of ether oxygens (including phenoxy) is 1. The number of hydrogen-bond acceptors (Lipinski definition) is 4. The standard InChI is InChI=1S/C23H26N2O2S/c1-16(2)15-27-19-9-5-7-17(13-19)23(26)25-12-6-8-18(14-25)22-24-20-10-3-4-11-21(20)28-22/h3-5,7,9-11,13,16,18H,6,8,12,14-15H2,1-2H3/t18-/m0/s1. The summed E-state index contributed by atoms with van der Waals surface area (Å²) >= 11 is 1.76. The van der Waals surface area contributed by atoms with Gasteiger partial charge in [-0.15, -0.1) is 11.3 Å². The highest BCUT2D eigenvalue weighted by Gasteiger charge is 2.27. The highest BCUT2D eigenvalue weighted by Crippen LogP contribution is 2.33. The number of likely N-dealkylation sites (tertiary alicyclic amines) is 1. The van der Waals surface area contributed by atoms with E-state index in [2.05, 4.69) is 32.0 Å². The van der Waals surface area contributed by atoms with Gasteiger partial charge in [-0.2, -0.15) is 0 Å². The molecule has 3 aromatic rings. The molecule has 2 heterocycles. The molecule has 1 aromatic heterocycles. The van der Waals surface area contributed by atoms with Crippen molar-refractivity contribution in [3.8, 4) is 5.75 Å². The molecule has 0 N–H and O–H groups in total. The van der Waals surface area contributed by atoms with Gasteiger partial charge in [-0.3, -0.25) is 4.79 Å². The second kappa shape index (κ2) is 8.31. The number of fused-ring (bicyclic) bond motifs is 1. The molecule has 2 aromatic carbocycles. The molecule has 1 saturated heterocycles. The summed E-state index contributed by atoms with van der Waals surface area (Å²) < 4.78 is 7.01. The number of thiazole rings is 1. The van der Waals surface area contributed by atoms with E-state index in [9.17, 15) is 4.79 Å². The van der Waals surface area contributed by atoms with E-state index < -0.39 is 0 Å². The van der Waals surface area contributed by atoms with E-state index in [4.69, 9.17) is 9.72 Å². The lowest BCUT2D eigenvalue weighted by atomic mass is 9.98. The van der Waals surface area contributed by atoms with Crippen molar-refractivity contribution in [2.75, 3.05) is 19.7 Å². The number of benzene rings is 2. The van der Waals surface area contributed by atoms with Gasteiger partial charge in [0.05, 0.1) is 21.8 Å². The Bertz CT molecular complexity index is 933. The van der Waals surface area contributed by atoms with Crippen molar-refractivity contribution < 1.29 is 9.53 Å². The monoisotopic (exact) mass is 394 g/mol. The van der Waals surface area contributed by atoms with Crippen LogP contribution in [0.4, 0.5) is 0 Å². The molecule has 0 spiro atoms. The third-order valence-corrected chi connectivity index (χ3v) is 6.23. The highest BCUT2D eigenvalue weighted by atomic mass is 32.1. The fourth-order valence-corrected chi connectivity index (χ4v) is 4.69. The predicted octanol–water partition coefficient (Wildman–Crippen LogP) is 5.35. The van der Waals surface area contributed by atoms with E-state index in [-0.39, 0.29) is 5.91 Å². The van der Waals surface area contributed by atoms with Crippen molar-refractivity contribution in [3.05, 3.63) is 59.1 Å². The first kappa shape index (κ1) is 18.9. The molecule has 1 aliphatic heterocycles. The van der Waals surface area contributed by atoms with Gasteiger partial charge >= 0.3 is 0 Å². The van der Waals surface area contributed by atoms with Crippen LogP contribution in [0.2, 0.25) is 0 Å². The van der Waals surface area contributed by atoms with Crippen molar-refractivity contribution in [1.29, 1.82) is 0 Å². The zero-order valence-electron chi connectivity index (χ0n) is 16.4. The second-order valence-electron chi connectivity index (χ2n) is 7.84. The van der Waals surface area contributed by atoms with Crippen LogP contribution >= 0.6 is 11.3 Å². The number of piperidine rings is 1. The van der Waals surface area contributed by atoms with Crippen LogP contribution in [0.5, 0.6) is 5.75 Å². The van der Waals surface area contributed by atoms with Gasteiger partial charge in [0, 0.05) is 24.6 Å². The molecule has 146 valence electrons. The first-order valence-electron chi connectivity index (χ1n) is 9.98. The Kier molecular flexibility index (Phi) is 5.62. The van der Waals surface area contributed by atoms with Gasteiger partial charge < -0.3 is 9.64 Å². The molecular formula is C23H26N2O2S. The van der Waals surface area contributed by atoms with Gasteiger partial charge in [0.2, 0.25) is 0 Å². The maximum absolute atomic E-state index is 13.1. The fourth-order valence-electron chi connectivity index (χ4n) is 3.59. The van der Waals surface area contributed by atoms with Crippen LogP contribution < -0.4 is 4.74 Å². The van der Waals surface area contributed by atoms with Crippen molar-refractivity contribution in [3.63, 3.8) is 0 Å². The molecule has 28 heavy (non-hydrogen) atoms. The Morgan fingerprint density at radius 3 is 2.93 bits per heavy atom. The minimum Gasteiger partial charge on any atom is -0.493 e. The SMILES string of the molecule is CC(C)COc1cccc(C(=O)N2CCC[C@H](c3nc4ccccc4s3)C2)c1. The second-order valence-corrected chi connectivity index (χ2v) is 8.91. The number of amides is 1. The summed E-state index contributed by atoms with van der Waals surface area (Å²) in [6, 6.07) is 15.8. The van der Waals surface area contributed by atoms with Gasteiger partial charge in [0.25, 0.3) is 5.91 Å². The molecule has 0 radical (unpaired) electrons. The Balaban J connectivity index is 1.48. The Hall–Kier alpha value is -2.40. The maximum Gasteiger partial charge on any atom is 0.254 e. The van der Waals surface area contributed by atoms with Crippen molar-refractivity contribution in [2.45, 2.75) is 32.6 Å². The molecule has 0 aliphatic carbocycles. The zero-order chi connectivity index (χ0) is 19.5. The molecule has 0 saturated carbocycles. The quantitative estimate of drug-likeness (QED) is 0.586. The van der Waals surface area contributed by atoms with Crippen LogP contribution in [0.1, 0.15) is 48.0 Å². The third-order valence-electron chi connectivity index (χ3n) is 5.03. The summed E-state index contributed by atoms with van der Waals surface area (Å²) in [5, 5.41) is 1.15. The van der Waals surface area contributed by atoms with Crippen molar-refractivity contribution in [2.24, 2.45) is 5.92 Å². The number of carbonyl (C=O) groups is 1.